The third kappa shape index (κ3) is 3.35. The number of rotatable bonds is 4. The van der Waals surface area contributed by atoms with E-state index in [1.807, 2.05) is 32.9 Å². The van der Waals surface area contributed by atoms with Gasteiger partial charge in [-0.05, 0) is 57.3 Å². The average Bonchev–Trinajstić information content (AvgIpc) is 2.77. The first-order valence-corrected chi connectivity index (χ1v) is 8.16. The highest BCUT2D eigenvalue weighted by Gasteiger charge is 2.22. The van der Waals surface area contributed by atoms with Crippen molar-refractivity contribution in [3.63, 3.8) is 0 Å². The molecule has 106 valence electrons. The minimum atomic E-state index is -3.40. The van der Waals surface area contributed by atoms with E-state index in [0.29, 0.717) is 17.4 Å². The van der Waals surface area contributed by atoms with Gasteiger partial charge >= 0.3 is 0 Å². The third-order valence-electron chi connectivity index (χ3n) is 3.60. The van der Waals surface area contributed by atoms with Crippen LogP contribution < -0.4 is 10.0 Å². The maximum Gasteiger partial charge on any atom is 0.241 e. The molecule has 1 aromatic rings. The molecule has 1 saturated heterocycles. The first-order chi connectivity index (χ1) is 8.90. The van der Waals surface area contributed by atoms with Crippen LogP contribution >= 0.6 is 0 Å². The maximum atomic E-state index is 12.4. The smallest absolute Gasteiger partial charge is 0.241 e. The van der Waals surface area contributed by atoms with E-state index in [9.17, 15) is 8.42 Å². The summed E-state index contributed by atoms with van der Waals surface area (Å²) < 4.78 is 27.6. The quantitative estimate of drug-likeness (QED) is 0.880. The van der Waals surface area contributed by atoms with Gasteiger partial charge in [-0.3, -0.25) is 0 Å². The number of aryl methyl sites for hydroxylation is 3. The number of hydrogen-bond donors (Lipinski definition) is 2. The Morgan fingerprint density at radius 2 is 1.89 bits per heavy atom. The van der Waals surface area contributed by atoms with E-state index in [1.54, 1.807) is 0 Å². The number of sulfonamides is 1. The molecular weight excluding hydrogens is 260 g/mol. The Bertz CT molecular complexity index is 538. The van der Waals surface area contributed by atoms with Gasteiger partial charge in [0.25, 0.3) is 0 Å². The first kappa shape index (κ1) is 14.5. The molecule has 0 amide bonds. The van der Waals surface area contributed by atoms with Crippen LogP contribution in [-0.2, 0) is 10.0 Å². The van der Waals surface area contributed by atoms with E-state index in [2.05, 4.69) is 10.0 Å². The van der Waals surface area contributed by atoms with Crippen LogP contribution in [0.3, 0.4) is 0 Å². The van der Waals surface area contributed by atoms with E-state index >= 15 is 0 Å². The van der Waals surface area contributed by atoms with Gasteiger partial charge in [0.15, 0.2) is 0 Å². The summed E-state index contributed by atoms with van der Waals surface area (Å²) >= 11 is 0. The SMILES string of the molecule is Cc1cc(C)c(S(=O)(=O)NCC2CCNC2)c(C)c1. The average molecular weight is 282 g/mol. The van der Waals surface area contributed by atoms with Crippen molar-refractivity contribution in [2.45, 2.75) is 32.1 Å². The molecule has 1 aliphatic heterocycles. The van der Waals surface area contributed by atoms with Gasteiger partial charge in [0.1, 0.15) is 0 Å². The van der Waals surface area contributed by atoms with Gasteiger partial charge in [-0.2, -0.15) is 0 Å². The third-order valence-corrected chi connectivity index (χ3v) is 5.33. The molecule has 1 fully saturated rings. The Morgan fingerprint density at radius 3 is 2.42 bits per heavy atom. The molecule has 2 N–H and O–H groups in total. The second-order valence-corrected chi connectivity index (χ2v) is 7.14. The second-order valence-electron chi connectivity index (χ2n) is 5.44. The van der Waals surface area contributed by atoms with Crippen molar-refractivity contribution in [3.05, 3.63) is 28.8 Å². The molecule has 0 saturated carbocycles. The van der Waals surface area contributed by atoms with Crippen LogP contribution in [0.25, 0.3) is 0 Å². The summed E-state index contributed by atoms with van der Waals surface area (Å²) in [4.78, 5) is 0.434. The molecule has 1 aromatic carbocycles. The fourth-order valence-corrected chi connectivity index (χ4v) is 4.34. The topological polar surface area (TPSA) is 58.2 Å². The van der Waals surface area contributed by atoms with Crippen molar-refractivity contribution < 1.29 is 8.42 Å². The van der Waals surface area contributed by atoms with Gasteiger partial charge in [0.2, 0.25) is 10.0 Å². The predicted octanol–water partition coefficient (Wildman–Crippen LogP) is 1.50. The fraction of sp³-hybridized carbons (Fsp3) is 0.571. The molecule has 1 unspecified atom stereocenters. The maximum absolute atomic E-state index is 12.4. The van der Waals surface area contributed by atoms with Crippen LogP contribution in [0.4, 0.5) is 0 Å². The molecule has 0 aliphatic carbocycles. The van der Waals surface area contributed by atoms with Crippen molar-refractivity contribution >= 4 is 10.0 Å². The minimum Gasteiger partial charge on any atom is -0.316 e. The summed E-state index contributed by atoms with van der Waals surface area (Å²) in [5, 5.41) is 3.24. The van der Waals surface area contributed by atoms with Crippen molar-refractivity contribution in [3.8, 4) is 0 Å². The van der Waals surface area contributed by atoms with Crippen LogP contribution in [-0.4, -0.2) is 28.1 Å². The van der Waals surface area contributed by atoms with Crippen molar-refractivity contribution in [2.24, 2.45) is 5.92 Å². The normalized spacial score (nSPS) is 19.8. The van der Waals surface area contributed by atoms with Crippen molar-refractivity contribution in [2.75, 3.05) is 19.6 Å². The molecule has 1 atom stereocenters. The monoisotopic (exact) mass is 282 g/mol. The van der Waals surface area contributed by atoms with Gasteiger partial charge < -0.3 is 5.32 Å². The molecule has 1 aliphatic rings. The molecule has 19 heavy (non-hydrogen) atoms. The van der Waals surface area contributed by atoms with Gasteiger partial charge in [-0.25, -0.2) is 13.1 Å². The van der Waals surface area contributed by atoms with Crippen LogP contribution in [0.1, 0.15) is 23.1 Å². The lowest BCUT2D eigenvalue weighted by molar-refractivity contribution is 0.538. The summed E-state index contributed by atoms with van der Waals surface area (Å²) in [6.45, 7) is 8.08. The molecule has 0 spiro atoms. The van der Waals surface area contributed by atoms with Crippen molar-refractivity contribution in [1.29, 1.82) is 0 Å². The lowest BCUT2D eigenvalue weighted by Gasteiger charge is -2.15. The van der Waals surface area contributed by atoms with Crippen molar-refractivity contribution in [1.82, 2.24) is 10.0 Å². The van der Waals surface area contributed by atoms with E-state index < -0.39 is 10.0 Å². The summed E-state index contributed by atoms with van der Waals surface area (Å²) in [5.41, 5.74) is 2.72. The highest BCUT2D eigenvalue weighted by molar-refractivity contribution is 7.89. The van der Waals surface area contributed by atoms with E-state index in [0.717, 1.165) is 36.2 Å². The highest BCUT2D eigenvalue weighted by atomic mass is 32.2. The first-order valence-electron chi connectivity index (χ1n) is 6.68. The number of hydrogen-bond acceptors (Lipinski definition) is 3. The van der Waals surface area contributed by atoms with Crippen LogP contribution in [0.5, 0.6) is 0 Å². The Balaban J connectivity index is 2.19. The lowest BCUT2D eigenvalue weighted by Crippen LogP contribution is -2.31. The Kier molecular flexibility index (Phi) is 4.28. The Labute approximate surface area is 115 Å². The largest absolute Gasteiger partial charge is 0.316 e. The number of nitrogens with one attached hydrogen (secondary N) is 2. The molecule has 4 nitrogen and oxygen atoms in total. The highest BCUT2D eigenvalue weighted by Crippen LogP contribution is 2.21. The zero-order chi connectivity index (χ0) is 14.0. The second kappa shape index (κ2) is 5.61. The Hall–Kier alpha value is -0.910. The molecule has 0 bridgehead atoms. The summed E-state index contributed by atoms with van der Waals surface area (Å²) in [5.74, 6) is 0.404. The zero-order valence-corrected chi connectivity index (χ0v) is 12.6. The van der Waals surface area contributed by atoms with Gasteiger partial charge in [0.05, 0.1) is 4.90 Å². The van der Waals surface area contributed by atoms with Gasteiger partial charge in [-0.1, -0.05) is 17.7 Å². The fourth-order valence-electron chi connectivity index (χ4n) is 2.78. The molecule has 0 radical (unpaired) electrons. The zero-order valence-electron chi connectivity index (χ0n) is 11.8. The lowest BCUT2D eigenvalue weighted by atomic mass is 10.1. The van der Waals surface area contributed by atoms with Crippen LogP contribution in [0, 0.1) is 26.7 Å². The molecular formula is C14H22N2O2S. The number of benzene rings is 1. The van der Waals surface area contributed by atoms with E-state index in [4.69, 9.17) is 0 Å². The summed E-state index contributed by atoms with van der Waals surface area (Å²) in [6.07, 6.45) is 1.04. The van der Waals surface area contributed by atoms with E-state index in [-0.39, 0.29) is 0 Å². The Morgan fingerprint density at radius 1 is 1.26 bits per heavy atom. The molecule has 2 rings (SSSR count). The van der Waals surface area contributed by atoms with Gasteiger partial charge in [-0.15, -0.1) is 0 Å². The summed E-state index contributed by atoms with van der Waals surface area (Å²) in [6, 6.07) is 3.83. The summed E-state index contributed by atoms with van der Waals surface area (Å²) in [7, 11) is -3.40. The van der Waals surface area contributed by atoms with Crippen LogP contribution in [0.15, 0.2) is 17.0 Å². The minimum absolute atomic E-state index is 0.404. The molecule has 0 aromatic heterocycles. The predicted molar refractivity (Wildman–Crippen MR) is 76.8 cm³/mol. The standard InChI is InChI=1S/C14H22N2O2S/c1-10-6-11(2)14(12(3)7-10)19(17,18)16-9-13-4-5-15-8-13/h6-7,13,15-16H,4-5,8-9H2,1-3H3. The molecule has 5 heteroatoms. The van der Waals surface area contributed by atoms with Gasteiger partial charge in [0, 0.05) is 6.54 Å². The molecule has 1 heterocycles. The van der Waals surface area contributed by atoms with E-state index in [1.165, 1.54) is 0 Å². The van der Waals surface area contributed by atoms with Crippen LogP contribution in [0.2, 0.25) is 0 Å².